The first-order valence-corrected chi connectivity index (χ1v) is 11.2. The Kier molecular flexibility index (Phi) is 6.55. The minimum Gasteiger partial charge on any atom is -0.296 e. The van der Waals surface area contributed by atoms with Crippen LogP contribution in [-0.2, 0) is 6.54 Å². The van der Waals surface area contributed by atoms with Gasteiger partial charge in [0.05, 0.1) is 22.3 Å². The Labute approximate surface area is 184 Å². The second kappa shape index (κ2) is 9.30. The highest BCUT2D eigenvalue weighted by atomic mass is 35.5. The number of aromatic nitrogens is 3. The van der Waals surface area contributed by atoms with Gasteiger partial charge in [-0.2, -0.15) is 0 Å². The first-order valence-electron chi connectivity index (χ1n) is 9.45. The highest BCUT2D eigenvalue weighted by Gasteiger charge is 2.20. The summed E-state index contributed by atoms with van der Waals surface area (Å²) in [6.07, 6.45) is 2.44. The molecule has 3 aromatic rings. The van der Waals surface area contributed by atoms with Crippen LogP contribution in [0.3, 0.4) is 0 Å². The van der Waals surface area contributed by atoms with Crippen LogP contribution in [-0.4, -0.2) is 44.3 Å². The van der Waals surface area contributed by atoms with E-state index < -0.39 is 0 Å². The lowest BCUT2D eigenvalue weighted by atomic mass is 10.1. The molecular weight excluding hydrogens is 427 g/mol. The molecule has 5 nitrogen and oxygen atoms in total. The molecule has 1 aliphatic rings. The first kappa shape index (κ1) is 20.4. The minimum absolute atomic E-state index is 0.0303. The molecule has 4 rings (SSSR count). The Balaban J connectivity index is 1.55. The molecule has 150 valence electrons. The smallest absolute Gasteiger partial charge is 0.196 e. The maximum atomic E-state index is 12.6. The van der Waals surface area contributed by atoms with Gasteiger partial charge in [0.2, 0.25) is 0 Å². The molecule has 0 aliphatic carbocycles. The second-order valence-electron chi connectivity index (χ2n) is 6.89. The van der Waals surface area contributed by atoms with Crippen LogP contribution in [0.2, 0.25) is 10.0 Å². The summed E-state index contributed by atoms with van der Waals surface area (Å²) in [5.41, 5.74) is 1.53. The number of hydrogen-bond donors (Lipinski definition) is 0. The third-order valence-corrected chi connectivity index (χ3v) is 6.52. The summed E-state index contributed by atoms with van der Waals surface area (Å²) >= 11 is 13.4. The summed E-state index contributed by atoms with van der Waals surface area (Å²) in [5.74, 6) is 1.10. The van der Waals surface area contributed by atoms with E-state index in [0.717, 1.165) is 31.1 Å². The van der Waals surface area contributed by atoms with Crippen molar-refractivity contribution in [2.24, 2.45) is 0 Å². The van der Waals surface area contributed by atoms with E-state index in [2.05, 4.69) is 15.1 Å². The number of benzene rings is 2. The van der Waals surface area contributed by atoms with Gasteiger partial charge in [0.1, 0.15) is 0 Å². The van der Waals surface area contributed by atoms with Gasteiger partial charge < -0.3 is 0 Å². The third kappa shape index (κ3) is 4.83. The van der Waals surface area contributed by atoms with Gasteiger partial charge in [0.15, 0.2) is 16.8 Å². The molecule has 0 saturated carbocycles. The fourth-order valence-corrected chi connectivity index (χ4v) is 4.52. The van der Waals surface area contributed by atoms with Gasteiger partial charge in [-0.25, -0.2) is 0 Å². The van der Waals surface area contributed by atoms with E-state index >= 15 is 0 Å². The quantitative estimate of drug-likeness (QED) is 0.371. The summed E-state index contributed by atoms with van der Waals surface area (Å²) in [4.78, 5) is 15.0. The van der Waals surface area contributed by atoms with Crippen molar-refractivity contribution < 1.29 is 4.79 Å². The number of thioether (sulfide) groups is 1. The van der Waals surface area contributed by atoms with E-state index in [1.165, 1.54) is 24.6 Å². The molecule has 29 heavy (non-hydrogen) atoms. The van der Waals surface area contributed by atoms with Gasteiger partial charge in [-0.1, -0.05) is 53.2 Å². The summed E-state index contributed by atoms with van der Waals surface area (Å²) in [7, 11) is 0. The Morgan fingerprint density at radius 2 is 1.76 bits per heavy atom. The number of para-hydroxylation sites is 1. The fraction of sp³-hybridized carbons (Fsp3) is 0.286. The Bertz CT molecular complexity index is 1000. The van der Waals surface area contributed by atoms with Gasteiger partial charge in [0.25, 0.3) is 0 Å². The maximum Gasteiger partial charge on any atom is 0.196 e. The molecule has 0 amide bonds. The molecule has 1 saturated heterocycles. The summed E-state index contributed by atoms with van der Waals surface area (Å²) < 4.78 is 2.05. The number of likely N-dealkylation sites (tertiary alicyclic amines) is 1. The molecule has 2 heterocycles. The zero-order chi connectivity index (χ0) is 20.2. The van der Waals surface area contributed by atoms with E-state index in [1.54, 1.807) is 18.2 Å². The summed E-state index contributed by atoms with van der Waals surface area (Å²) in [5, 5.41) is 10.3. The number of hydrogen-bond acceptors (Lipinski definition) is 5. The molecule has 0 atom stereocenters. The van der Waals surface area contributed by atoms with Crippen molar-refractivity contribution in [3.8, 4) is 5.69 Å². The van der Waals surface area contributed by atoms with Crippen molar-refractivity contribution in [1.29, 1.82) is 0 Å². The van der Waals surface area contributed by atoms with E-state index in [1.807, 2.05) is 34.9 Å². The monoisotopic (exact) mass is 446 g/mol. The summed E-state index contributed by atoms with van der Waals surface area (Å²) in [6.45, 7) is 2.92. The highest BCUT2D eigenvalue weighted by molar-refractivity contribution is 7.99. The number of ketones is 1. The van der Waals surface area contributed by atoms with E-state index in [4.69, 9.17) is 23.2 Å². The fourth-order valence-electron chi connectivity index (χ4n) is 3.36. The Morgan fingerprint density at radius 1 is 1.00 bits per heavy atom. The van der Waals surface area contributed by atoms with Gasteiger partial charge in [-0.05, 0) is 56.3 Å². The Morgan fingerprint density at radius 3 is 2.48 bits per heavy atom. The van der Waals surface area contributed by atoms with Gasteiger partial charge in [0, 0.05) is 11.3 Å². The molecule has 0 unspecified atom stereocenters. The van der Waals surface area contributed by atoms with Crippen LogP contribution < -0.4 is 0 Å². The molecule has 8 heteroatoms. The predicted octanol–water partition coefficient (Wildman–Crippen LogP) is 5.14. The molecule has 1 aromatic heterocycles. The lowest BCUT2D eigenvalue weighted by molar-refractivity contribution is 0.102. The molecule has 1 aliphatic heterocycles. The summed E-state index contributed by atoms with van der Waals surface area (Å²) in [6, 6.07) is 15.0. The van der Waals surface area contributed by atoms with Crippen LogP contribution in [0.25, 0.3) is 5.69 Å². The number of rotatable bonds is 7. The topological polar surface area (TPSA) is 51.0 Å². The van der Waals surface area contributed by atoms with E-state index in [9.17, 15) is 4.79 Å². The van der Waals surface area contributed by atoms with Crippen molar-refractivity contribution in [2.75, 3.05) is 18.8 Å². The largest absolute Gasteiger partial charge is 0.296 e. The predicted molar refractivity (Wildman–Crippen MR) is 117 cm³/mol. The molecular formula is C21H20Cl2N4OS. The van der Waals surface area contributed by atoms with Gasteiger partial charge in [-0.15, -0.1) is 10.2 Å². The van der Waals surface area contributed by atoms with Gasteiger partial charge in [-0.3, -0.25) is 14.3 Å². The lowest BCUT2D eigenvalue weighted by Crippen LogP contribution is -2.21. The van der Waals surface area contributed by atoms with Crippen molar-refractivity contribution in [1.82, 2.24) is 19.7 Å². The van der Waals surface area contributed by atoms with Crippen LogP contribution in [0.1, 0.15) is 29.0 Å². The number of halogens is 2. The van der Waals surface area contributed by atoms with Gasteiger partial charge >= 0.3 is 0 Å². The Hall–Kier alpha value is -1.86. The number of nitrogens with zero attached hydrogens (tertiary/aromatic N) is 4. The molecule has 0 bridgehead atoms. The molecule has 2 aromatic carbocycles. The average molecular weight is 447 g/mol. The minimum atomic E-state index is -0.0303. The molecule has 1 fully saturated rings. The van der Waals surface area contributed by atoms with E-state index in [-0.39, 0.29) is 11.5 Å². The normalized spacial score (nSPS) is 14.4. The van der Waals surface area contributed by atoms with Crippen molar-refractivity contribution in [3.05, 3.63) is 70.0 Å². The van der Waals surface area contributed by atoms with E-state index in [0.29, 0.717) is 20.8 Å². The third-order valence-electron chi connectivity index (χ3n) is 4.85. The van der Waals surface area contributed by atoms with Crippen LogP contribution in [0.4, 0.5) is 0 Å². The van der Waals surface area contributed by atoms with Crippen molar-refractivity contribution in [2.45, 2.75) is 24.5 Å². The van der Waals surface area contributed by atoms with Crippen molar-refractivity contribution in [3.63, 3.8) is 0 Å². The lowest BCUT2D eigenvalue weighted by Gasteiger charge is -2.15. The van der Waals surface area contributed by atoms with Crippen LogP contribution in [0, 0.1) is 0 Å². The zero-order valence-electron chi connectivity index (χ0n) is 15.7. The first-order chi connectivity index (χ1) is 14.1. The highest BCUT2D eigenvalue weighted by Crippen LogP contribution is 2.26. The maximum absolute atomic E-state index is 12.6. The second-order valence-corrected chi connectivity index (χ2v) is 8.65. The number of Topliss-reactive ketones (excluding diaryl/α,β-unsaturated/α-hetero) is 1. The van der Waals surface area contributed by atoms with Crippen LogP contribution in [0.15, 0.2) is 53.7 Å². The number of carbonyl (C=O) groups is 1. The van der Waals surface area contributed by atoms with Crippen LogP contribution >= 0.6 is 35.0 Å². The molecule has 0 spiro atoms. The van der Waals surface area contributed by atoms with Crippen LogP contribution in [0.5, 0.6) is 0 Å². The van der Waals surface area contributed by atoms with Crippen molar-refractivity contribution >= 4 is 40.7 Å². The standard InChI is InChI=1S/C21H20Cl2N4OS/c22-17-9-8-15(12-18(17)23)19(28)14-29-21-25-24-20(13-26-10-4-5-11-26)27(21)16-6-2-1-3-7-16/h1-3,6-9,12H,4-5,10-11,13-14H2. The average Bonchev–Trinajstić information content (AvgIpc) is 3.39. The molecule has 0 radical (unpaired) electrons. The zero-order valence-corrected chi connectivity index (χ0v) is 18.1. The molecule has 0 N–H and O–H groups in total. The number of carbonyl (C=O) groups excluding carboxylic acids is 1. The SMILES string of the molecule is O=C(CSc1nnc(CN2CCCC2)n1-c1ccccc1)c1ccc(Cl)c(Cl)c1.